The van der Waals surface area contributed by atoms with E-state index in [0.717, 1.165) is 0 Å². The van der Waals surface area contributed by atoms with Crippen LogP contribution in [0.1, 0.15) is 5.56 Å². The highest BCUT2D eigenvalue weighted by molar-refractivity contribution is 7.84. The van der Waals surface area contributed by atoms with E-state index in [0.29, 0.717) is 5.56 Å². The van der Waals surface area contributed by atoms with Gasteiger partial charge in [-0.3, -0.25) is 15.8 Å². The Morgan fingerprint density at radius 3 is 2.14 bits per heavy atom. The third kappa shape index (κ3) is 3.42. The summed E-state index contributed by atoms with van der Waals surface area (Å²) in [6.45, 7) is 0. The predicted octanol–water partition coefficient (Wildman–Crippen LogP) is -0.230. The topological polar surface area (TPSA) is 117 Å². The Labute approximate surface area is 121 Å². The van der Waals surface area contributed by atoms with Crippen LogP contribution >= 0.6 is 0 Å². The lowest BCUT2D eigenvalue weighted by molar-refractivity contribution is -0.384. The molecule has 0 aliphatic heterocycles. The molecular weight excluding hydrogens is 294 g/mol. The molecule has 0 unspecified atom stereocenters. The van der Waals surface area contributed by atoms with Crippen molar-refractivity contribution in [1.82, 2.24) is 0 Å². The Balaban J connectivity index is 2.35. The van der Waals surface area contributed by atoms with Crippen LogP contribution in [0.15, 0.2) is 59.5 Å². The first-order valence-corrected chi connectivity index (χ1v) is 7.33. The minimum Gasteiger partial charge on any atom is -0.286 e. The summed E-state index contributed by atoms with van der Waals surface area (Å²) in [6, 6.07) is 13.0. The maximum atomic E-state index is 12.1. The van der Waals surface area contributed by atoms with Gasteiger partial charge in [0.1, 0.15) is 4.90 Å². The van der Waals surface area contributed by atoms with Gasteiger partial charge >= 0.3 is 10.0 Å². The Hall–Kier alpha value is -2.74. The highest BCUT2D eigenvalue weighted by Crippen LogP contribution is 2.11. The zero-order chi connectivity index (χ0) is 15.5. The number of rotatable bonds is 4. The Morgan fingerprint density at radius 2 is 1.62 bits per heavy atom. The number of nitro benzene ring substituents is 1. The molecule has 0 amide bonds. The first-order chi connectivity index (χ1) is 9.90. The lowest BCUT2D eigenvalue weighted by Gasteiger charge is -1.98. The molecule has 0 aromatic heterocycles. The summed E-state index contributed by atoms with van der Waals surface area (Å²) in [5, 5.41) is 10.6. The minimum atomic E-state index is -3.78. The summed E-state index contributed by atoms with van der Waals surface area (Å²) in [6.07, 6.45) is 0. The molecule has 0 saturated heterocycles. The second-order valence-electron chi connectivity index (χ2n) is 4.14. The van der Waals surface area contributed by atoms with Crippen LogP contribution in [0.25, 0.3) is 0 Å². The average Bonchev–Trinajstić information content (AvgIpc) is 2.48. The normalized spacial score (nSPS) is 12.1. The van der Waals surface area contributed by atoms with Gasteiger partial charge in [0.05, 0.1) is 10.5 Å². The Kier molecular flexibility index (Phi) is 3.99. The second-order valence-corrected chi connectivity index (χ2v) is 5.82. The lowest BCUT2D eigenvalue weighted by atomic mass is 10.2. The molecule has 0 atom stereocenters. The Bertz CT molecular complexity index is 784. The van der Waals surface area contributed by atoms with Crippen LogP contribution < -0.4 is 10.1 Å². The fraction of sp³-hybridized carbons (Fsp3) is 0. The van der Waals surface area contributed by atoms with Crippen molar-refractivity contribution >= 4 is 21.5 Å². The van der Waals surface area contributed by atoms with Gasteiger partial charge in [-0.25, -0.2) is 0 Å². The average molecular weight is 306 g/mol. The number of nitrogens with two attached hydrogens (primary N) is 1. The van der Waals surface area contributed by atoms with E-state index in [4.69, 9.17) is 5.73 Å². The summed E-state index contributed by atoms with van der Waals surface area (Å²) in [7, 11) is -3.78. The largest absolute Gasteiger partial charge is 0.328 e. The molecule has 2 aromatic rings. The van der Waals surface area contributed by atoms with Crippen molar-refractivity contribution in [3.8, 4) is 0 Å². The predicted molar refractivity (Wildman–Crippen MR) is 76.0 cm³/mol. The molecule has 0 heterocycles. The molecule has 2 aromatic carbocycles. The monoisotopic (exact) mass is 306 g/mol. The van der Waals surface area contributed by atoms with Crippen LogP contribution in [-0.2, 0) is 10.0 Å². The van der Waals surface area contributed by atoms with E-state index in [1.807, 2.05) is 0 Å². The van der Waals surface area contributed by atoms with Crippen molar-refractivity contribution in [3.05, 3.63) is 70.3 Å². The highest BCUT2D eigenvalue weighted by atomic mass is 32.2. The molecule has 0 spiro atoms. The van der Waals surface area contributed by atoms with Gasteiger partial charge in [-0.15, -0.1) is 0 Å². The number of nitrogens with zero attached hydrogens (tertiary/aromatic N) is 1. The van der Waals surface area contributed by atoms with Crippen molar-refractivity contribution in [3.63, 3.8) is 0 Å². The highest BCUT2D eigenvalue weighted by Gasteiger charge is 2.17. The zero-order valence-corrected chi connectivity index (χ0v) is 11.6. The van der Waals surface area contributed by atoms with E-state index in [9.17, 15) is 18.5 Å². The molecule has 0 aliphatic carbocycles. The number of nitro groups is 1. The number of hydrogen-bond acceptors (Lipinski definition) is 4. The van der Waals surface area contributed by atoms with Crippen LogP contribution in [0.4, 0.5) is 5.69 Å². The number of nitrogen functional groups attached to an aromatic ring is 1. The standard InChI is InChI=1S/C13H11N3O4S/c14-13(10-6-8-11(9-7-10)16(17)18)15-21(19,20)12-4-2-1-3-5-12/h1-9H,(H2,14,15)/p+1. The number of nitrogens with one attached hydrogen (secondary N) is 1. The number of sulfonamides is 1. The summed E-state index contributed by atoms with van der Waals surface area (Å²) in [5.74, 6) is -0.103. The van der Waals surface area contributed by atoms with E-state index >= 15 is 0 Å². The van der Waals surface area contributed by atoms with Crippen LogP contribution in [0.2, 0.25) is 0 Å². The third-order valence-electron chi connectivity index (χ3n) is 2.69. The molecule has 108 valence electrons. The molecule has 0 radical (unpaired) electrons. The molecule has 3 N–H and O–H groups in total. The van der Waals surface area contributed by atoms with Gasteiger partial charge in [-0.1, -0.05) is 18.2 Å². The number of amidine groups is 1. The minimum absolute atomic E-state index is 0.0786. The molecule has 0 aliphatic rings. The molecule has 8 heteroatoms. The quantitative estimate of drug-likeness (QED) is 0.350. The van der Waals surface area contributed by atoms with Gasteiger partial charge in [0, 0.05) is 12.1 Å². The van der Waals surface area contributed by atoms with Gasteiger partial charge < -0.3 is 0 Å². The molecule has 0 bridgehead atoms. The van der Waals surface area contributed by atoms with Gasteiger partial charge in [-0.05, 0) is 24.3 Å². The molecular formula is C13H12N3O4S+. The maximum Gasteiger partial charge on any atom is 0.328 e. The van der Waals surface area contributed by atoms with Crippen molar-refractivity contribution < 1.29 is 17.7 Å². The summed E-state index contributed by atoms with van der Waals surface area (Å²) < 4.78 is 26.4. The first kappa shape index (κ1) is 14.7. The van der Waals surface area contributed by atoms with Crippen molar-refractivity contribution in [2.24, 2.45) is 5.73 Å². The molecule has 2 rings (SSSR count). The van der Waals surface area contributed by atoms with Crippen molar-refractivity contribution in [1.29, 1.82) is 0 Å². The SMILES string of the molecule is NC(=[NH+]S(=O)(=O)c1ccccc1)c1ccc([N+](=O)[O-])cc1. The number of hydrogen-bond donors (Lipinski definition) is 2. The van der Waals surface area contributed by atoms with Crippen molar-refractivity contribution in [2.75, 3.05) is 0 Å². The van der Waals surface area contributed by atoms with Gasteiger partial charge in [0.25, 0.3) is 11.5 Å². The van der Waals surface area contributed by atoms with Crippen LogP contribution in [0, 0.1) is 10.1 Å². The summed E-state index contributed by atoms with van der Waals surface area (Å²) in [5.41, 5.74) is 5.95. The van der Waals surface area contributed by atoms with Crippen LogP contribution in [0.3, 0.4) is 0 Å². The van der Waals surface area contributed by atoms with Gasteiger partial charge in [0.2, 0.25) is 0 Å². The first-order valence-electron chi connectivity index (χ1n) is 5.85. The summed E-state index contributed by atoms with van der Waals surface area (Å²) in [4.78, 5) is 10.1. The van der Waals surface area contributed by atoms with Crippen molar-refractivity contribution in [2.45, 2.75) is 4.90 Å². The fourth-order valence-corrected chi connectivity index (χ4v) is 2.67. The van der Waals surface area contributed by atoms with Gasteiger partial charge in [0.15, 0.2) is 0 Å². The van der Waals surface area contributed by atoms with Gasteiger partial charge in [-0.2, -0.15) is 12.8 Å². The molecule has 7 nitrogen and oxygen atoms in total. The molecule has 21 heavy (non-hydrogen) atoms. The second kappa shape index (κ2) is 5.71. The third-order valence-corrected chi connectivity index (χ3v) is 4.07. The van der Waals surface area contributed by atoms with E-state index in [1.165, 1.54) is 36.4 Å². The van der Waals surface area contributed by atoms with E-state index in [-0.39, 0.29) is 16.4 Å². The smallest absolute Gasteiger partial charge is 0.286 e. The fourth-order valence-electron chi connectivity index (χ4n) is 1.62. The van der Waals surface area contributed by atoms with E-state index in [2.05, 4.69) is 4.40 Å². The van der Waals surface area contributed by atoms with Crippen LogP contribution in [0.5, 0.6) is 0 Å². The van der Waals surface area contributed by atoms with E-state index < -0.39 is 14.9 Å². The number of non-ortho nitro benzene ring substituents is 1. The number of benzene rings is 2. The lowest BCUT2D eigenvalue weighted by Crippen LogP contribution is -2.78. The van der Waals surface area contributed by atoms with Crippen LogP contribution in [-0.4, -0.2) is 19.2 Å². The van der Waals surface area contributed by atoms with E-state index in [1.54, 1.807) is 18.2 Å². The Morgan fingerprint density at radius 1 is 1.05 bits per heavy atom. The zero-order valence-electron chi connectivity index (χ0n) is 10.8. The summed E-state index contributed by atoms with van der Waals surface area (Å²) >= 11 is 0. The maximum absolute atomic E-state index is 12.1. The molecule has 0 fully saturated rings. The molecule has 0 saturated carbocycles.